The second kappa shape index (κ2) is 8.98. The van der Waals surface area contributed by atoms with Gasteiger partial charge in [0, 0.05) is 24.9 Å². The van der Waals surface area contributed by atoms with Crippen LogP contribution in [0.5, 0.6) is 5.75 Å². The maximum absolute atomic E-state index is 12.0. The number of methoxy groups -OCH3 is 1. The maximum atomic E-state index is 12.0. The molecular formula is C21H23N3O3. The molecule has 0 saturated heterocycles. The number of aryl methyl sites for hydroxylation is 2. The van der Waals surface area contributed by atoms with E-state index in [-0.39, 0.29) is 5.91 Å². The van der Waals surface area contributed by atoms with Crippen molar-refractivity contribution >= 4 is 5.91 Å². The number of rotatable bonds is 8. The third kappa shape index (κ3) is 5.41. The molecule has 0 saturated carbocycles. The number of nitrogens with one attached hydrogen (secondary N) is 1. The van der Waals surface area contributed by atoms with E-state index >= 15 is 0 Å². The molecule has 3 aromatic rings. The molecule has 0 atom stereocenters. The van der Waals surface area contributed by atoms with Gasteiger partial charge in [-0.15, -0.1) is 0 Å². The number of carbonyl (C=O) groups excluding carboxylic acids is 1. The number of nitrogens with zero attached hydrogens (tertiary/aromatic N) is 2. The Bertz CT molecular complexity index is 870. The van der Waals surface area contributed by atoms with Gasteiger partial charge in [-0.05, 0) is 43.2 Å². The van der Waals surface area contributed by atoms with Gasteiger partial charge in [-0.25, -0.2) is 0 Å². The second-order valence-corrected chi connectivity index (χ2v) is 6.36. The molecule has 1 aromatic heterocycles. The largest absolute Gasteiger partial charge is 0.497 e. The van der Waals surface area contributed by atoms with Crippen LogP contribution in [0.3, 0.4) is 0 Å². The highest BCUT2D eigenvalue weighted by Crippen LogP contribution is 2.20. The molecule has 3 rings (SSSR count). The van der Waals surface area contributed by atoms with Crippen LogP contribution in [-0.2, 0) is 17.8 Å². The fourth-order valence-electron chi connectivity index (χ4n) is 2.61. The van der Waals surface area contributed by atoms with Crippen molar-refractivity contribution in [2.75, 3.05) is 7.11 Å². The molecule has 6 nitrogen and oxygen atoms in total. The summed E-state index contributed by atoms with van der Waals surface area (Å²) in [6.45, 7) is 2.58. The molecule has 0 aliphatic rings. The van der Waals surface area contributed by atoms with Crippen molar-refractivity contribution in [3.8, 4) is 17.1 Å². The van der Waals surface area contributed by atoms with Crippen LogP contribution >= 0.6 is 0 Å². The monoisotopic (exact) mass is 365 g/mol. The van der Waals surface area contributed by atoms with Crippen LogP contribution in [-0.4, -0.2) is 23.2 Å². The Kier molecular flexibility index (Phi) is 6.20. The lowest BCUT2D eigenvalue weighted by atomic mass is 10.1. The van der Waals surface area contributed by atoms with Gasteiger partial charge >= 0.3 is 0 Å². The fourth-order valence-corrected chi connectivity index (χ4v) is 2.61. The molecule has 0 unspecified atom stereocenters. The van der Waals surface area contributed by atoms with E-state index in [1.165, 1.54) is 5.56 Å². The molecule has 0 aliphatic heterocycles. The minimum Gasteiger partial charge on any atom is -0.497 e. The first-order chi connectivity index (χ1) is 13.1. The zero-order valence-corrected chi connectivity index (χ0v) is 15.6. The summed E-state index contributed by atoms with van der Waals surface area (Å²) in [6.07, 6.45) is 1.65. The van der Waals surface area contributed by atoms with E-state index in [9.17, 15) is 4.79 Å². The standard InChI is InChI=1S/C21H23N3O3/c1-15-6-8-16(9-7-15)14-22-19(25)4-3-5-20-23-21(24-27-20)17-10-12-18(26-2)13-11-17/h6-13H,3-5,14H2,1-2H3,(H,22,25). The number of ether oxygens (including phenoxy) is 1. The third-order valence-electron chi connectivity index (χ3n) is 4.22. The number of hydrogen-bond acceptors (Lipinski definition) is 5. The second-order valence-electron chi connectivity index (χ2n) is 6.36. The Morgan fingerprint density at radius 1 is 1.11 bits per heavy atom. The van der Waals surface area contributed by atoms with Gasteiger partial charge in [-0.1, -0.05) is 35.0 Å². The van der Waals surface area contributed by atoms with Crippen molar-refractivity contribution in [2.24, 2.45) is 0 Å². The number of aromatic nitrogens is 2. The summed E-state index contributed by atoms with van der Waals surface area (Å²) in [5.74, 6) is 1.87. The van der Waals surface area contributed by atoms with E-state index in [4.69, 9.17) is 9.26 Å². The average molecular weight is 365 g/mol. The molecule has 0 bridgehead atoms. The van der Waals surface area contributed by atoms with Gasteiger partial charge in [0.05, 0.1) is 7.11 Å². The van der Waals surface area contributed by atoms with Crippen LogP contribution in [0.25, 0.3) is 11.4 Å². The van der Waals surface area contributed by atoms with Crippen LogP contribution in [0.4, 0.5) is 0 Å². The van der Waals surface area contributed by atoms with E-state index in [0.29, 0.717) is 37.5 Å². The molecule has 0 radical (unpaired) electrons. The minimum absolute atomic E-state index is 0.0190. The maximum Gasteiger partial charge on any atom is 0.226 e. The van der Waals surface area contributed by atoms with Gasteiger partial charge in [0.1, 0.15) is 5.75 Å². The summed E-state index contributed by atoms with van der Waals surface area (Å²) in [7, 11) is 1.62. The summed E-state index contributed by atoms with van der Waals surface area (Å²) in [5.41, 5.74) is 3.16. The molecular weight excluding hydrogens is 342 g/mol. The number of amides is 1. The van der Waals surface area contributed by atoms with E-state index in [1.807, 2.05) is 55.5 Å². The number of hydrogen-bond donors (Lipinski definition) is 1. The highest BCUT2D eigenvalue weighted by atomic mass is 16.5. The van der Waals surface area contributed by atoms with Crippen LogP contribution in [0, 0.1) is 6.92 Å². The Balaban J connectivity index is 1.43. The van der Waals surface area contributed by atoms with Gasteiger partial charge in [-0.3, -0.25) is 4.79 Å². The number of carbonyl (C=O) groups is 1. The summed E-state index contributed by atoms with van der Waals surface area (Å²) < 4.78 is 10.4. The predicted octanol–water partition coefficient (Wildman–Crippen LogP) is 3.69. The summed E-state index contributed by atoms with van der Waals surface area (Å²) in [4.78, 5) is 16.4. The van der Waals surface area contributed by atoms with Crippen LogP contribution in [0.15, 0.2) is 53.1 Å². The Hall–Kier alpha value is -3.15. The van der Waals surface area contributed by atoms with Crippen LogP contribution < -0.4 is 10.1 Å². The lowest BCUT2D eigenvalue weighted by molar-refractivity contribution is -0.121. The zero-order chi connectivity index (χ0) is 19.1. The van der Waals surface area contributed by atoms with Crippen molar-refractivity contribution in [3.63, 3.8) is 0 Å². The highest BCUT2D eigenvalue weighted by molar-refractivity contribution is 5.75. The zero-order valence-electron chi connectivity index (χ0n) is 15.6. The topological polar surface area (TPSA) is 77.2 Å². The van der Waals surface area contributed by atoms with Crippen molar-refractivity contribution in [1.82, 2.24) is 15.5 Å². The first-order valence-corrected chi connectivity index (χ1v) is 8.93. The lowest BCUT2D eigenvalue weighted by Gasteiger charge is -2.05. The van der Waals surface area contributed by atoms with E-state index in [1.54, 1.807) is 7.11 Å². The normalized spacial score (nSPS) is 10.6. The Morgan fingerprint density at radius 3 is 2.56 bits per heavy atom. The van der Waals surface area contributed by atoms with Gasteiger partial charge in [0.15, 0.2) is 0 Å². The molecule has 0 fully saturated rings. The first-order valence-electron chi connectivity index (χ1n) is 8.93. The molecule has 1 amide bonds. The third-order valence-corrected chi connectivity index (χ3v) is 4.22. The molecule has 1 heterocycles. The van der Waals surface area contributed by atoms with Gasteiger partial charge < -0.3 is 14.6 Å². The molecule has 0 spiro atoms. The SMILES string of the molecule is COc1ccc(-c2noc(CCCC(=O)NCc3ccc(C)cc3)n2)cc1. The minimum atomic E-state index is 0.0190. The highest BCUT2D eigenvalue weighted by Gasteiger charge is 2.10. The summed E-state index contributed by atoms with van der Waals surface area (Å²) in [5, 5.41) is 6.92. The predicted molar refractivity (Wildman–Crippen MR) is 102 cm³/mol. The van der Waals surface area contributed by atoms with Crippen molar-refractivity contribution in [1.29, 1.82) is 0 Å². The van der Waals surface area contributed by atoms with Crippen molar-refractivity contribution in [2.45, 2.75) is 32.7 Å². The smallest absolute Gasteiger partial charge is 0.226 e. The lowest BCUT2D eigenvalue weighted by Crippen LogP contribution is -2.22. The number of benzene rings is 2. The van der Waals surface area contributed by atoms with Crippen LogP contribution in [0.2, 0.25) is 0 Å². The van der Waals surface area contributed by atoms with Crippen molar-refractivity contribution < 1.29 is 14.1 Å². The van der Waals surface area contributed by atoms with Gasteiger partial charge in [-0.2, -0.15) is 4.98 Å². The van der Waals surface area contributed by atoms with Gasteiger partial charge in [0.2, 0.25) is 17.6 Å². The quantitative estimate of drug-likeness (QED) is 0.659. The van der Waals surface area contributed by atoms with E-state index in [2.05, 4.69) is 15.5 Å². The van der Waals surface area contributed by atoms with E-state index < -0.39 is 0 Å². The van der Waals surface area contributed by atoms with E-state index in [0.717, 1.165) is 16.9 Å². The molecule has 6 heteroatoms. The fraction of sp³-hybridized carbons (Fsp3) is 0.286. The molecule has 1 N–H and O–H groups in total. The molecule has 27 heavy (non-hydrogen) atoms. The van der Waals surface area contributed by atoms with Crippen molar-refractivity contribution in [3.05, 3.63) is 65.5 Å². The van der Waals surface area contributed by atoms with Gasteiger partial charge in [0.25, 0.3) is 0 Å². The summed E-state index contributed by atoms with van der Waals surface area (Å²) in [6, 6.07) is 15.6. The molecule has 140 valence electrons. The molecule has 0 aliphatic carbocycles. The Morgan fingerprint density at radius 2 is 1.85 bits per heavy atom. The van der Waals surface area contributed by atoms with Crippen LogP contribution in [0.1, 0.15) is 29.9 Å². The first kappa shape index (κ1) is 18.6. The average Bonchev–Trinajstić information content (AvgIpc) is 3.16. The molecule has 2 aromatic carbocycles. The summed E-state index contributed by atoms with van der Waals surface area (Å²) >= 11 is 0. The Labute approximate surface area is 158 Å².